The van der Waals surface area contributed by atoms with Gasteiger partial charge in [-0.05, 0) is 120 Å². The van der Waals surface area contributed by atoms with Crippen LogP contribution in [-0.4, -0.2) is 0 Å². The summed E-state index contributed by atoms with van der Waals surface area (Å²) >= 11 is 0. The molecule has 0 radical (unpaired) electrons. The van der Waals surface area contributed by atoms with Gasteiger partial charge >= 0.3 is 0 Å². The molecule has 2 nitrogen and oxygen atoms in total. The molecule has 1 heterocycles. The highest BCUT2D eigenvalue weighted by Gasteiger charge is 2.22. The lowest BCUT2D eigenvalue weighted by atomic mass is 9.84. The average molecular weight is 816 g/mol. The first-order valence-electron chi connectivity index (χ1n) is 21.9. The lowest BCUT2D eigenvalue weighted by Crippen LogP contribution is -2.11. The Kier molecular flexibility index (Phi) is 9.20. The van der Waals surface area contributed by atoms with Gasteiger partial charge in [0.2, 0.25) is 0 Å². The van der Waals surface area contributed by atoms with E-state index in [4.69, 9.17) is 4.42 Å². The van der Waals surface area contributed by atoms with Gasteiger partial charge in [-0.15, -0.1) is 0 Å². The standard InChI is InChI=1S/C62H41NO/c1-5-17-42(18-6-1)48-32-38-58(56(39-48)44-19-7-2-8-20-44)63(50-35-37-54-53-26-15-16-28-59(53)64-60(54)41-50)49-33-29-43(30-34-49)47-31-36-52-51-25-13-14-27-55(51)61(45-21-9-3-10-22-45)62(57(52)40-47)46-23-11-4-12-24-46/h1-41H. The van der Waals surface area contributed by atoms with Gasteiger partial charge in [-0.3, -0.25) is 0 Å². The van der Waals surface area contributed by atoms with E-state index in [0.717, 1.165) is 61.3 Å². The molecule has 300 valence electrons. The Morgan fingerprint density at radius 3 is 1.39 bits per heavy atom. The Balaban J connectivity index is 1.04. The summed E-state index contributed by atoms with van der Waals surface area (Å²) in [5.74, 6) is 0. The highest BCUT2D eigenvalue weighted by molar-refractivity contribution is 6.22. The number of fused-ring (bicyclic) bond motifs is 6. The van der Waals surface area contributed by atoms with Crippen LogP contribution < -0.4 is 4.90 Å². The number of hydrogen-bond donors (Lipinski definition) is 0. The number of hydrogen-bond acceptors (Lipinski definition) is 2. The van der Waals surface area contributed by atoms with Crippen LogP contribution in [0.2, 0.25) is 0 Å². The van der Waals surface area contributed by atoms with Crippen LogP contribution in [0, 0.1) is 0 Å². The first-order valence-corrected chi connectivity index (χ1v) is 21.9. The summed E-state index contributed by atoms with van der Waals surface area (Å²) in [6.45, 7) is 0. The molecule has 0 fully saturated rings. The summed E-state index contributed by atoms with van der Waals surface area (Å²) in [7, 11) is 0. The second-order valence-corrected chi connectivity index (χ2v) is 16.4. The fourth-order valence-corrected chi connectivity index (χ4v) is 9.65. The van der Waals surface area contributed by atoms with Crippen molar-refractivity contribution in [3.05, 3.63) is 249 Å². The number of anilines is 3. The van der Waals surface area contributed by atoms with Gasteiger partial charge in [0.1, 0.15) is 11.2 Å². The zero-order valence-electron chi connectivity index (χ0n) is 35.0. The summed E-state index contributed by atoms with van der Waals surface area (Å²) < 4.78 is 6.50. The van der Waals surface area contributed by atoms with Crippen molar-refractivity contribution < 1.29 is 4.42 Å². The Hall–Kier alpha value is -8.46. The Bertz CT molecular complexity index is 3630. The van der Waals surface area contributed by atoms with Crippen molar-refractivity contribution in [2.75, 3.05) is 4.90 Å². The van der Waals surface area contributed by atoms with E-state index in [1.807, 2.05) is 12.1 Å². The van der Waals surface area contributed by atoms with Crippen LogP contribution in [-0.2, 0) is 0 Å². The molecule has 0 aliphatic heterocycles. The minimum Gasteiger partial charge on any atom is -0.456 e. The first kappa shape index (κ1) is 37.3. The third-order valence-corrected chi connectivity index (χ3v) is 12.7. The number of nitrogens with zero attached hydrogens (tertiary/aromatic N) is 1. The Morgan fingerprint density at radius 2 is 0.703 bits per heavy atom. The van der Waals surface area contributed by atoms with E-state index in [2.05, 4.69) is 241 Å². The molecular formula is C62H41NO. The van der Waals surface area contributed by atoms with Crippen LogP contribution in [0.4, 0.5) is 17.1 Å². The topological polar surface area (TPSA) is 16.4 Å². The largest absolute Gasteiger partial charge is 0.456 e. The third kappa shape index (κ3) is 6.52. The van der Waals surface area contributed by atoms with Gasteiger partial charge in [0.05, 0.1) is 5.69 Å². The number of furan rings is 1. The SMILES string of the molecule is c1ccc(-c2ccc(N(c3ccc(-c4ccc5c(c4)c(-c4ccccc4)c(-c4ccccc4)c4ccccc45)cc3)c3ccc4c(c3)oc3ccccc34)c(-c3ccccc3)c2)cc1. The normalized spacial score (nSPS) is 11.4. The van der Waals surface area contributed by atoms with Gasteiger partial charge in [-0.2, -0.15) is 0 Å². The second kappa shape index (κ2) is 15.8. The quantitative estimate of drug-likeness (QED) is 0.142. The number of para-hydroxylation sites is 1. The molecule has 12 aromatic rings. The predicted molar refractivity (Wildman–Crippen MR) is 271 cm³/mol. The molecule has 0 spiro atoms. The Morgan fingerprint density at radius 1 is 0.250 bits per heavy atom. The van der Waals surface area contributed by atoms with Crippen molar-refractivity contribution in [2.24, 2.45) is 0 Å². The molecule has 0 atom stereocenters. The molecule has 64 heavy (non-hydrogen) atoms. The molecule has 0 amide bonds. The van der Waals surface area contributed by atoms with E-state index in [1.165, 1.54) is 54.9 Å². The Labute approximate surface area is 372 Å². The lowest BCUT2D eigenvalue weighted by Gasteiger charge is -2.28. The molecule has 0 aliphatic carbocycles. The van der Waals surface area contributed by atoms with Gasteiger partial charge in [0.15, 0.2) is 0 Å². The zero-order chi connectivity index (χ0) is 42.4. The van der Waals surface area contributed by atoms with E-state index < -0.39 is 0 Å². The van der Waals surface area contributed by atoms with Crippen molar-refractivity contribution in [1.29, 1.82) is 0 Å². The second-order valence-electron chi connectivity index (χ2n) is 16.4. The summed E-state index contributed by atoms with van der Waals surface area (Å²) in [6, 6.07) is 89.7. The van der Waals surface area contributed by atoms with Crippen LogP contribution in [0.15, 0.2) is 253 Å². The van der Waals surface area contributed by atoms with Gasteiger partial charge in [0, 0.05) is 33.8 Å². The minimum atomic E-state index is 0.857. The molecule has 0 aliphatic rings. The van der Waals surface area contributed by atoms with Crippen LogP contribution in [0.25, 0.3) is 99.1 Å². The predicted octanol–water partition coefficient (Wildman–Crippen LogP) is 17.7. The monoisotopic (exact) mass is 815 g/mol. The third-order valence-electron chi connectivity index (χ3n) is 12.7. The molecule has 2 heteroatoms. The smallest absolute Gasteiger partial charge is 0.137 e. The molecule has 0 bridgehead atoms. The summed E-state index contributed by atoms with van der Waals surface area (Å²) in [5, 5.41) is 7.21. The van der Waals surface area contributed by atoms with Crippen molar-refractivity contribution in [2.45, 2.75) is 0 Å². The van der Waals surface area contributed by atoms with Crippen LogP contribution in [0.1, 0.15) is 0 Å². The van der Waals surface area contributed by atoms with Gasteiger partial charge in [-0.1, -0.05) is 194 Å². The molecule has 0 saturated heterocycles. The average Bonchev–Trinajstić information content (AvgIpc) is 3.75. The summed E-state index contributed by atoms with van der Waals surface area (Å²) in [4.78, 5) is 2.37. The number of benzene rings is 11. The van der Waals surface area contributed by atoms with E-state index in [1.54, 1.807) is 0 Å². The first-order chi connectivity index (χ1) is 31.7. The molecule has 12 rings (SSSR count). The van der Waals surface area contributed by atoms with Gasteiger partial charge < -0.3 is 9.32 Å². The summed E-state index contributed by atoms with van der Waals surface area (Å²) in [5.41, 5.74) is 16.7. The molecule has 1 aromatic heterocycles. The maximum atomic E-state index is 6.50. The lowest BCUT2D eigenvalue weighted by molar-refractivity contribution is 0.669. The fraction of sp³-hybridized carbons (Fsp3) is 0. The van der Waals surface area contributed by atoms with E-state index in [-0.39, 0.29) is 0 Å². The van der Waals surface area contributed by atoms with Crippen LogP contribution in [0.5, 0.6) is 0 Å². The van der Waals surface area contributed by atoms with Crippen molar-refractivity contribution in [3.8, 4) is 55.6 Å². The molecular weight excluding hydrogens is 775 g/mol. The fourth-order valence-electron chi connectivity index (χ4n) is 9.65. The van der Waals surface area contributed by atoms with Crippen LogP contribution in [0.3, 0.4) is 0 Å². The molecule has 0 unspecified atom stereocenters. The van der Waals surface area contributed by atoms with Crippen molar-refractivity contribution in [3.63, 3.8) is 0 Å². The molecule has 0 saturated carbocycles. The maximum Gasteiger partial charge on any atom is 0.137 e. The maximum absolute atomic E-state index is 6.50. The highest BCUT2D eigenvalue weighted by Crippen LogP contribution is 2.47. The van der Waals surface area contributed by atoms with Crippen molar-refractivity contribution >= 4 is 60.5 Å². The van der Waals surface area contributed by atoms with Gasteiger partial charge in [0.25, 0.3) is 0 Å². The molecule has 11 aromatic carbocycles. The highest BCUT2D eigenvalue weighted by atomic mass is 16.3. The van der Waals surface area contributed by atoms with Crippen LogP contribution >= 0.6 is 0 Å². The summed E-state index contributed by atoms with van der Waals surface area (Å²) in [6.07, 6.45) is 0. The minimum absolute atomic E-state index is 0.857. The van der Waals surface area contributed by atoms with E-state index >= 15 is 0 Å². The van der Waals surface area contributed by atoms with Gasteiger partial charge in [-0.25, -0.2) is 0 Å². The number of rotatable bonds is 8. The molecule has 0 N–H and O–H groups in total. The van der Waals surface area contributed by atoms with E-state index in [0.29, 0.717) is 0 Å². The van der Waals surface area contributed by atoms with Crippen molar-refractivity contribution in [1.82, 2.24) is 0 Å². The van der Waals surface area contributed by atoms with E-state index in [9.17, 15) is 0 Å². The zero-order valence-corrected chi connectivity index (χ0v) is 35.0.